The van der Waals surface area contributed by atoms with Gasteiger partial charge in [-0.15, -0.1) is 0 Å². The lowest BCUT2D eigenvalue weighted by atomic mass is 9.86. The maximum absolute atomic E-state index is 13.6. The van der Waals surface area contributed by atoms with Crippen LogP contribution in [0.4, 0.5) is 0 Å². The van der Waals surface area contributed by atoms with Crippen molar-refractivity contribution in [3.05, 3.63) is 30.4 Å². The second-order valence-corrected chi connectivity index (χ2v) is 13.0. The van der Waals surface area contributed by atoms with Crippen LogP contribution >= 0.6 is 0 Å². The molecule has 0 radical (unpaired) electrons. The van der Waals surface area contributed by atoms with E-state index < -0.39 is 85.4 Å². The number of ketones is 1. The summed E-state index contributed by atoms with van der Waals surface area (Å²) < 4.78 is 0. The van der Waals surface area contributed by atoms with Gasteiger partial charge >= 0.3 is 0 Å². The van der Waals surface area contributed by atoms with Gasteiger partial charge in [-0.2, -0.15) is 0 Å². The van der Waals surface area contributed by atoms with E-state index in [4.69, 9.17) is 5.73 Å². The third-order valence-electron chi connectivity index (χ3n) is 8.71. The number of hydrogen-bond donors (Lipinski definition) is 10. The fraction of sp³-hybridized carbons (Fsp3) is 0.618. The Hall–Kier alpha value is -5.17. The zero-order valence-corrected chi connectivity index (χ0v) is 30.2. The van der Waals surface area contributed by atoms with Crippen molar-refractivity contribution in [2.24, 2.45) is 11.7 Å². The van der Waals surface area contributed by atoms with Crippen LogP contribution in [-0.4, -0.2) is 117 Å². The van der Waals surface area contributed by atoms with Crippen molar-refractivity contribution in [1.82, 2.24) is 41.9 Å². The number of nitrogens with one attached hydrogen (secondary N) is 7. The van der Waals surface area contributed by atoms with Crippen molar-refractivity contribution in [3.63, 3.8) is 0 Å². The molecule has 0 aromatic carbocycles. The number of imidazole rings is 1. The van der Waals surface area contributed by atoms with E-state index in [9.17, 15) is 48.6 Å². The standard InChI is InChI=1S/C34H53N9O10/c1-4-5-6-23(20(3)46)40-34(53)27(17-45)43-32(51)25(13-22-14-36-18-38-22)42-31(50)24(11-12-28(35)47)41-33(52)26(16-44)39-29(48)15-37-30(49)21-9-7-19(2)8-10-21/h14,18,21,23-27,44-45H,2,4-13,15-17H2,1,3H3,(H2,35,47)(H,36,38)(H,37,49)(H,39,48)(H,40,53)(H,41,52)(H,42,50)(H,43,51)/t23-,24-,25-,26-,27-/m0/s1. The maximum Gasteiger partial charge on any atom is 0.245 e. The highest BCUT2D eigenvalue weighted by Crippen LogP contribution is 2.26. The molecule has 0 unspecified atom stereocenters. The van der Waals surface area contributed by atoms with Crippen molar-refractivity contribution in [3.8, 4) is 0 Å². The smallest absolute Gasteiger partial charge is 0.245 e. The topological polar surface area (TPSA) is 304 Å². The molecule has 0 bridgehead atoms. The minimum atomic E-state index is -1.56. The summed E-state index contributed by atoms with van der Waals surface area (Å²) in [6, 6.07) is -6.84. The molecule has 1 aliphatic rings. The molecule has 1 aromatic rings. The molecule has 53 heavy (non-hydrogen) atoms. The second-order valence-electron chi connectivity index (χ2n) is 13.0. The van der Waals surface area contributed by atoms with Gasteiger partial charge in [0, 0.05) is 30.7 Å². The summed E-state index contributed by atoms with van der Waals surface area (Å²) in [4.78, 5) is 109. The molecule has 1 heterocycles. The first-order valence-corrected chi connectivity index (χ1v) is 17.6. The molecule has 11 N–H and O–H groups in total. The molecule has 7 amide bonds. The van der Waals surface area contributed by atoms with Gasteiger partial charge in [-0.05, 0) is 45.4 Å². The average molecular weight is 748 g/mol. The van der Waals surface area contributed by atoms with Crippen LogP contribution in [0.25, 0.3) is 0 Å². The zero-order valence-electron chi connectivity index (χ0n) is 30.2. The van der Waals surface area contributed by atoms with E-state index in [2.05, 4.69) is 48.4 Å². The summed E-state index contributed by atoms with van der Waals surface area (Å²) in [6.45, 7) is 4.93. The fourth-order valence-electron chi connectivity index (χ4n) is 5.49. The van der Waals surface area contributed by atoms with E-state index in [1.54, 1.807) is 0 Å². The summed E-state index contributed by atoms with van der Waals surface area (Å²) in [5.74, 6) is -6.24. The zero-order chi connectivity index (χ0) is 39.5. The van der Waals surface area contributed by atoms with E-state index in [0.717, 1.165) is 12.0 Å². The summed E-state index contributed by atoms with van der Waals surface area (Å²) >= 11 is 0. The molecule has 19 nitrogen and oxygen atoms in total. The molecule has 294 valence electrons. The summed E-state index contributed by atoms with van der Waals surface area (Å²) in [5, 5.41) is 34.3. The van der Waals surface area contributed by atoms with Crippen LogP contribution < -0.4 is 37.6 Å². The summed E-state index contributed by atoms with van der Waals surface area (Å²) in [5.41, 5.74) is 6.72. The van der Waals surface area contributed by atoms with E-state index in [1.165, 1.54) is 19.4 Å². The number of primary amides is 1. The number of rotatable bonds is 23. The number of carbonyl (C=O) groups excluding carboxylic acids is 8. The van der Waals surface area contributed by atoms with Crippen molar-refractivity contribution in [2.45, 2.75) is 108 Å². The number of hydrogen-bond acceptors (Lipinski definition) is 11. The van der Waals surface area contributed by atoms with Gasteiger partial charge in [0.1, 0.15) is 24.2 Å². The Balaban J connectivity index is 2.14. The van der Waals surface area contributed by atoms with Crippen LogP contribution in [0.2, 0.25) is 0 Å². The Morgan fingerprint density at radius 1 is 0.849 bits per heavy atom. The predicted molar refractivity (Wildman–Crippen MR) is 189 cm³/mol. The third-order valence-corrected chi connectivity index (χ3v) is 8.71. The number of aromatic amines is 1. The number of carbonyl (C=O) groups is 8. The van der Waals surface area contributed by atoms with Gasteiger partial charge in [0.2, 0.25) is 41.4 Å². The van der Waals surface area contributed by atoms with Crippen LogP contribution in [0.1, 0.15) is 77.3 Å². The quantitative estimate of drug-likeness (QED) is 0.0513. The Kier molecular flexibility index (Phi) is 18.8. The molecule has 1 saturated carbocycles. The number of Topliss-reactive ketones (excluding diaryl/α,β-unsaturated/α-hetero) is 1. The van der Waals surface area contributed by atoms with E-state index in [0.29, 0.717) is 44.2 Å². The normalized spacial score (nSPS) is 15.8. The number of aromatic nitrogens is 2. The number of aliphatic hydroxyl groups excluding tert-OH is 2. The van der Waals surface area contributed by atoms with E-state index in [1.807, 2.05) is 6.92 Å². The Labute approximate surface area is 307 Å². The number of H-pyrrole nitrogens is 1. The van der Waals surface area contributed by atoms with Crippen LogP contribution in [0.15, 0.2) is 24.7 Å². The number of nitrogens with two attached hydrogens (primary N) is 1. The number of amides is 7. The minimum absolute atomic E-state index is 0.197. The van der Waals surface area contributed by atoms with Gasteiger partial charge in [-0.25, -0.2) is 4.98 Å². The van der Waals surface area contributed by atoms with Crippen LogP contribution in [0, 0.1) is 5.92 Å². The molecule has 1 fully saturated rings. The molecule has 0 saturated heterocycles. The van der Waals surface area contributed by atoms with E-state index in [-0.39, 0.29) is 36.9 Å². The monoisotopic (exact) mass is 747 g/mol. The van der Waals surface area contributed by atoms with Crippen molar-refractivity contribution in [1.29, 1.82) is 0 Å². The van der Waals surface area contributed by atoms with Crippen LogP contribution in [0.5, 0.6) is 0 Å². The maximum atomic E-state index is 13.6. The molecule has 1 aliphatic carbocycles. The largest absolute Gasteiger partial charge is 0.394 e. The fourth-order valence-corrected chi connectivity index (χ4v) is 5.49. The lowest BCUT2D eigenvalue weighted by Crippen LogP contribution is -2.60. The first kappa shape index (κ1) is 44.0. The first-order chi connectivity index (χ1) is 25.2. The molecule has 2 rings (SSSR count). The molecule has 5 atom stereocenters. The molecule has 1 aromatic heterocycles. The lowest BCUT2D eigenvalue weighted by molar-refractivity contribution is -0.136. The van der Waals surface area contributed by atoms with Crippen LogP contribution in [-0.2, 0) is 44.8 Å². The van der Waals surface area contributed by atoms with Crippen molar-refractivity contribution in [2.75, 3.05) is 19.8 Å². The number of nitrogens with zero attached hydrogens (tertiary/aromatic N) is 1. The highest BCUT2D eigenvalue weighted by atomic mass is 16.3. The van der Waals surface area contributed by atoms with Crippen LogP contribution in [0.3, 0.4) is 0 Å². The SMILES string of the molecule is C=C1CCC(C(=O)NCC(=O)N[C@@H](CO)C(=O)N[C@@H](CCC(N)=O)C(=O)N[C@@H](Cc2cnc[nH]2)C(=O)N[C@@H](CO)C(=O)N[C@@H](CCCC)C(C)=O)CC1. The number of unbranched alkanes of at least 4 members (excludes halogenated alkanes) is 1. The molecule has 0 spiro atoms. The lowest BCUT2D eigenvalue weighted by Gasteiger charge is -2.26. The number of aliphatic hydroxyl groups is 2. The van der Waals surface area contributed by atoms with Gasteiger partial charge < -0.3 is 52.8 Å². The van der Waals surface area contributed by atoms with Crippen molar-refractivity contribution < 1.29 is 48.6 Å². The van der Waals surface area contributed by atoms with Gasteiger partial charge in [0.15, 0.2) is 5.78 Å². The molecular formula is C34H53N9O10. The third kappa shape index (κ3) is 15.5. The van der Waals surface area contributed by atoms with Gasteiger partial charge in [-0.1, -0.05) is 31.9 Å². The van der Waals surface area contributed by atoms with Gasteiger partial charge in [0.25, 0.3) is 0 Å². The minimum Gasteiger partial charge on any atom is -0.394 e. The summed E-state index contributed by atoms with van der Waals surface area (Å²) in [7, 11) is 0. The number of allylic oxidation sites excluding steroid dienone is 1. The molecular weight excluding hydrogens is 694 g/mol. The Morgan fingerprint density at radius 2 is 1.40 bits per heavy atom. The van der Waals surface area contributed by atoms with E-state index >= 15 is 0 Å². The first-order valence-electron chi connectivity index (χ1n) is 17.6. The second kappa shape index (κ2) is 22.7. The Morgan fingerprint density at radius 3 is 1.94 bits per heavy atom. The Bertz CT molecular complexity index is 1440. The summed E-state index contributed by atoms with van der Waals surface area (Å²) in [6.07, 6.45) is 6.17. The average Bonchev–Trinajstić information content (AvgIpc) is 3.64. The highest BCUT2D eigenvalue weighted by molar-refractivity contribution is 5.97. The van der Waals surface area contributed by atoms with Crippen molar-refractivity contribution >= 4 is 47.1 Å². The molecule has 0 aliphatic heterocycles. The van der Waals surface area contributed by atoms with Gasteiger partial charge in [0.05, 0.1) is 32.1 Å². The molecule has 19 heteroatoms. The predicted octanol–water partition coefficient (Wildman–Crippen LogP) is -2.73. The highest BCUT2D eigenvalue weighted by Gasteiger charge is 2.33. The van der Waals surface area contributed by atoms with Gasteiger partial charge in [-0.3, -0.25) is 38.4 Å².